The van der Waals surface area contributed by atoms with Gasteiger partial charge in [-0.3, -0.25) is 4.90 Å². The molecule has 6 nitrogen and oxygen atoms in total. The van der Waals surface area contributed by atoms with Crippen molar-refractivity contribution >= 4 is 12.1 Å². The first-order chi connectivity index (χ1) is 11.2. The van der Waals surface area contributed by atoms with Crippen molar-refractivity contribution in [3.63, 3.8) is 0 Å². The van der Waals surface area contributed by atoms with E-state index in [2.05, 4.69) is 5.32 Å². The van der Waals surface area contributed by atoms with Gasteiger partial charge in [0.15, 0.2) is 0 Å². The van der Waals surface area contributed by atoms with Crippen molar-refractivity contribution in [2.24, 2.45) is 0 Å². The predicted molar refractivity (Wildman–Crippen MR) is 90.8 cm³/mol. The number of carboxylic acids is 1. The average Bonchev–Trinajstić information content (AvgIpc) is 2.90. The normalized spacial score (nSPS) is 22.2. The number of rotatable bonds is 4. The van der Waals surface area contributed by atoms with Crippen LogP contribution < -0.4 is 5.32 Å². The van der Waals surface area contributed by atoms with E-state index in [1.807, 2.05) is 37.3 Å². The van der Waals surface area contributed by atoms with E-state index in [1.54, 1.807) is 20.8 Å². The summed E-state index contributed by atoms with van der Waals surface area (Å²) in [6.45, 7) is 7.66. The van der Waals surface area contributed by atoms with E-state index in [0.29, 0.717) is 13.0 Å². The van der Waals surface area contributed by atoms with Crippen LogP contribution in [-0.2, 0) is 9.53 Å². The Hall–Kier alpha value is -2.08. The van der Waals surface area contributed by atoms with E-state index in [-0.39, 0.29) is 12.1 Å². The first-order valence-corrected chi connectivity index (χ1v) is 8.22. The Bertz CT molecular complexity index is 582. The third-order valence-corrected chi connectivity index (χ3v) is 4.04. The van der Waals surface area contributed by atoms with E-state index in [4.69, 9.17) is 4.74 Å². The first kappa shape index (κ1) is 18.3. The number of carboxylic acid groups (broad SMARTS) is 1. The third kappa shape index (κ3) is 4.47. The molecule has 1 amide bonds. The number of nitrogens with zero attached hydrogens (tertiary/aromatic N) is 1. The third-order valence-electron chi connectivity index (χ3n) is 4.04. The smallest absolute Gasteiger partial charge is 0.411 e. The number of likely N-dealkylation sites (tertiary alicyclic amines) is 1. The van der Waals surface area contributed by atoms with Crippen LogP contribution in [-0.4, -0.2) is 46.3 Å². The molecule has 1 fully saturated rings. The van der Waals surface area contributed by atoms with Crippen LogP contribution >= 0.6 is 0 Å². The second-order valence-corrected chi connectivity index (χ2v) is 7.15. The number of hydrogen-bond acceptors (Lipinski definition) is 4. The molecule has 2 N–H and O–H groups in total. The fourth-order valence-electron chi connectivity index (χ4n) is 2.96. The summed E-state index contributed by atoms with van der Waals surface area (Å²) in [5.41, 5.74) is 0.431. The quantitative estimate of drug-likeness (QED) is 0.885. The SMILES string of the molecule is C[C@H](N[C@H]1CCN(C(=O)OC(C)(C)C)[C@H]1C(=O)O)c1ccccc1. The summed E-state index contributed by atoms with van der Waals surface area (Å²) in [5, 5.41) is 12.9. The second kappa shape index (κ2) is 7.21. The van der Waals surface area contributed by atoms with E-state index in [0.717, 1.165) is 5.56 Å². The summed E-state index contributed by atoms with van der Waals surface area (Å²) in [6, 6.07) is 8.58. The van der Waals surface area contributed by atoms with Gasteiger partial charge in [-0.15, -0.1) is 0 Å². The molecule has 1 aromatic carbocycles. The predicted octanol–water partition coefficient (Wildman–Crippen LogP) is 2.80. The topological polar surface area (TPSA) is 78.9 Å². The number of aliphatic carboxylic acids is 1. The lowest BCUT2D eigenvalue weighted by Crippen LogP contribution is -2.51. The number of nitrogens with one attached hydrogen (secondary N) is 1. The van der Waals surface area contributed by atoms with Crippen LogP contribution in [0.1, 0.15) is 45.7 Å². The molecule has 1 heterocycles. The van der Waals surface area contributed by atoms with E-state index in [9.17, 15) is 14.7 Å². The highest BCUT2D eigenvalue weighted by Gasteiger charge is 2.44. The zero-order chi connectivity index (χ0) is 17.9. The molecule has 3 atom stereocenters. The van der Waals surface area contributed by atoms with Crippen LogP contribution in [0.15, 0.2) is 30.3 Å². The van der Waals surface area contributed by atoms with Crippen molar-refractivity contribution in [2.75, 3.05) is 6.54 Å². The van der Waals surface area contributed by atoms with Gasteiger partial charge in [-0.05, 0) is 39.7 Å². The molecule has 0 spiro atoms. The highest BCUT2D eigenvalue weighted by molar-refractivity contribution is 5.81. The van der Waals surface area contributed by atoms with Gasteiger partial charge in [0, 0.05) is 18.6 Å². The largest absolute Gasteiger partial charge is 0.480 e. The van der Waals surface area contributed by atoms with Gasteiger partial charge in [-0.2, -0.15) is 0 Å². The maximum absolute atomic E-state index is 12.3. The van der Waals surface area contributed by atoms with Gasteiger partial charge in [0.2, 0.25) is 0 Å². The van der Waals surface area contributed by atoms with Crippen molar-refractivity contribution in [1.82, 2.24) is 10.2 Å². The lowest BCUT2D eigenvalue weighted by molar-refractivity contribution is -0.142. The van der Waals surface area contributed by atoms with Crippen LogP contribution in [0.25, 0.3) is 0 Å². The summed E-state index contributed by atoms with van der Waals surface area (Å²) in [4.78, 5) is 25.3. The number of hydrogen-bond donors (Lipinski definition) is 2. The molecule has 0 aliphatic carbocycles. The van der Waals surface area contributed by atoms with Crippen molar-refractivity contribution in [3.8, 4) is 0 Å². The summed E-state index contributed by atoms with van der Waals surface area (Å²) in [6.07, 6.45) is -0.000486. The fourth-order valence-corrected chi connectivity index (χ4v) is 2.96. The van der Waals surface area contributed by atoms with Gasteiger partial charge in [-0.1, -0.05) is 30.3 Å². The van der Waals surface area contributed by atoms with Crippen molar-refractivity contribution < 1.29 is 19.4 Å². The lowest BCUT2D eigenvalue weighted by atomic mass is 10.0. The molecule has 1 aromatic rings. The standard InChI is InChI=1S/C18H26N2O4/c1-12(13-8-6-5-7-9-13)19-14-10-11-20(15(14)16(21)22)17(23)24-18(2,3)4/h5-9,12,14-15,19H,10-11H2,1-4H3,(H,21,22)/t12-,14-,15+/m0/s1. The Morgan fingerprint density at radius 2 is 1.92 bits per heavy atom. The van der Waals surface area contributed by atoms with Gasteiger partial charge in [0.05, 0.1) is 0 Å². The molecule has 0 aromatic heterocycles. The van der Waals surface area contributed by atoms with E-state index in [1.165, 1.54) is 4.90 Å². The van der Waals surface area contributed by atoms with Crippen molar-refractivity contribution in [2.45, 2.75) is 57.8 Å². The molecule has 1 saturated heterocycles. The summed E-state index contributed by atoms with van der Waals surface area (Å²) >= 11 is 0. The Kier molecular flexibility index (Phi) is 5.49. The molecule has 1 aliphatic rings. The minimum absolute atomic E-state index is 0.00311. The zero-order valence-electron chi connectivity index (χ0n) is 14.7. The monoisotopic (exact) mass is 334 g/mol. The second-order valence-electron chi connectivity index (χ2n) is 7.15. The lowest BCUT2D eigenvalue weighted by Gasteiger charge is -2.29. The van der Waals surface area contributed by atoms with Crippen LogP contribution in [0.2, 0.25) is 0 Å². The van der Waals surface area contributed by atoms with Crippen LogP contribution in [0.4, 0.5) is 4.79 Å². The summed E-state index contributed by atoms with van der Waals surface area (Å²) < 4.78 is 5.34. The van der Waals surface area contributed by atoms with Crippen LogP contribution in [0, 0.1) is 0 Å². The fraction of sp³-hybridized carbons (Fsp3) is 0.556. The van der Waals surface area contributed by atoms with Gasteiger partial charge >= 0.3 is 12.1 Å². The molecule has 2 rings (SSSR count). The summed E-state index contributed by atoms with van der Waals surface area (Å²) in [5.74, 6) is -1.02. The van der Waals surface area contributed by atoms with E-state index >= 15 is 0 Å². The molecule has 6 heteroatoms. The maximum atomic E-state index is 12.3. The number of amides is 1. The molecule has 132 valence electrons. The number of carbonyl (C=O) groups is 2. The Morgan fingerprint density at radius 1 is 1.29 bits per heavy atom. The van der Waals surface area contributed by atoms with Crippen molar-refractivity contribution in [3.05, 3.63) is 35.9 Å². The molecular weight excluding hydrogens is 308 g/mol. The highest BCUT2D eigenvalue weighted by atomic mass is 16.6. The number of ether oxygens (including phenoxy) is 1. The van der Waals surface area contributed by atoms with Crippen LogP contribution in [0.3, 0.4) is 0 Å². The van der Waals surface area contributed by atoms with Gasteiger partial charge in [0.25, 0.3) is 0 Å². The Balaban J connectivity index is 2.09. The minimum atomic E-state index is -1.02. The molecular formula is C18H26N2O4. The highest BCUT2D eigenvalue weighted by Crippen LogP contribution is 2.24. The molecule has 0 radical (unpaired) electrons. The van der Waals surface area contributed by atoms with Crippen LogP contribution in [0.5, 0.6) is 0 Å². The molecule has 1 aliphatic heterocycles. The summed E-state index contributed by atoms with van der Waals surface area (Å²) in [7, 11) is 0. The number of benzene rings is 1. The molecule has 0 unspecified atom stereocenters. The maximum Gasteiger partial charge on any atom is 0.411 e. The number of carbonyl (C=O) groups excluding carboxylic acids is 1. The minimum Gasteiger partial charge on any atom is -0.480 e. The average molecular weight is 334 g/mol. The Labute approximate surface area is 142 Å². The Morgan fingerprint density at radius 3 is 2.46 bits per heavy atom. The van der Waals surface area contributed by atoms with Gasteiger partial charge < -0.3 is 15.2 Å². The first-order valence-electron chi connectivity index (χ1n) is 8.22. The molecule has 24 heavy (non-hydrogen) atoms. The van der Waals surface area contributed by atoms with Crippen molar-refractivity contribution in [1.29, 1.82) is 0 Å². The van der Waals surface area contributed by atoms with Gasteiger partial charge in [0.1, 0.15) is 11.6 Å². The molecule has 0 saturated carbocycles. The van der Waals surface area contributed by atoms with E-state index < -0.39 is 23.7 Å². The molecule has 0 bridgehead atoms. The zero-order valence-corrected chi connectivity index (χ0v) is 14.7. The van der Waals surface area contributed by atoms with Gasteiger partial charge in [-0.25, -0.2) is 9.59 Å².